The predicted octanol–water partition coefficient (Wildman–Crippen LogP) is 1.53. The molecule has 1 aliphatic rings. The van der Waals surface area contributed by atoms with Crippen LogP contribution in [0.3, 0.4) is 0 Å². The maximum Gasteiger partial charge on any atom is 0.237 e. The zero-order chi connectivity index (χ0) is 12.9. The van der Waals surface area contributed by atoms with Gasteiger partial charge in [-0.05, 0) is 40.2 Å². The first-order chi connectivity index (χ1) is 7.96. The minimum absolute atomic E-state index is 0.00673. The van der Waals surface area contributed by atoms with Gasteiger partial charge in [0.25, 0.3) is 0 Å². The van der Waals surface area contributed by atoms with Crippen molar-refractivity contribution in [1.29, 1.82) is 5.26 Å². The van der Waals surface area contributed by atoms with E-state index in [0.29, 0.717) is 0 Å². The van der Waals surface area contributed by atoms with Gasteiger partial charge >= 0.3 is 0 Å². The largest absolute Gasteiger partial charge is 0.353 e. The lowest BCUT2D eigenvalue weighted by atomic mass is 9.89. The zero-order valence-electron chi connectivity index (χ0n) is 11.1. The van der Waals surface area contributed by atoms with Gasteiger partial charge in [0, 0.05) is 13.1 Å². The standard InChI is InChI=1S/C13H23N3O/c1-11-12(17)15-7-9-16(11)8-5-4-6-13(2,3)10-14/h11H,4-9H2,1-3H3,(H,15,17). The van der Waals surface area contributed by atoms with Gasteiger partial charge in [0.15, 0.2) is 0 Å². The molecular formula is C13H23N3O. The summed E-state index contributed by atoms with van der Waals surface area (Å²) in [5.41, 5.74) is -0.217. The number of carbonyl (C=O) groups is 1. The van der Waals surface area contributed by atoms with E-state index in [2.05, 4.69) is 16.3 Å². The highest BCUT2D eigenvalue weighted by molar-refractivity contribution is 5.81. The van der Waals surface area contributed by atoms with Crippen molar-refractivity contribution < 1.29 is 4.79 Å². The van der Waals surface area contributed by atoms with E-state index in [4.69, 9.17) is 5.26 Å². The topological polar surface area (TPSA) is 56.1 Å². The average molecular weight is 237 g/mol. The lowest BCUT2D eigenvalue weighted by molar-refractivity contribution is -0.128. The first kappa shape index (κ1) is 14.0. The van der Waals surface area contributed by atoms with E-state index in [1.807, 2.05) is 20.8 Å². The van der Waals surface area contributed by atoms with Crippen molar-refractivity contribution in [1.82, 2.24) is 10.2 Å². The first-order valence-electron chi connectivity index (χ1n) is 6.39. The number of amides is 1. The number of nitrogens with zero attached hydrogens (tertiary/aromatic N) is 2. The Bertz CT molecular complexity index is 306. The van der Waals surface area contributed by atoms with Gasteiger partial charge in [-0.3, -0.25) is 9.69 Å². The van der Waals surface area contributed by atoms with Gasteiger partial charge < -0.3 is 5.32 Å². The number of rotatable bonds is 5. The molecule has 1 fully saturated rings. The maximum atomic E-state index is 11.4. The summed E-state index contributed by atoms with van der Waals surface area (Å²) in [6.45, 7) is 8.55. The summed E-state index contributed by atoms with van der Waals surface area (Å²) in [7, 11) is 0. The molecule has 17 heavy (non-hydrogen) atoms. The van der Waals surface area contributed by atoms with E-state index < -0.39 is 0 Å². The monoisotopic (exact) mass is 237 g/mol. The molecule has 0 aliphatic carbocycles. The molecule has 1 unspecified atom stereocenters. The van der Waals surface area contributed by atoms with E-state index in [1.54, 1.807) is 0 Å². The fourth-order valence-electron chi connectivity index (χ4n) is 2.07. The van der Waals surface area contributed by atoms with Crippen LogP contribution < -0.4 is 5.32 Å². The predicted molar refractivity (Wildman–Crippen MR) is 67.3 cm³/mol. The maximum absolute atomic E-state index is 11.4. The summed E-state index contributed by atoms with van der Waals surface area (Å²) in [6.07, 6.45) is 3.03. The van der Waals surface area contributed by atoms with Crippen molar-refractivity contribution in [3.8, 4) is 6.07 Å². The van der Waals surface area contributed by atoms with Crippen molar-refractivity contribution in [2.24, 2.45) is 5.41 Å². The second kappa shape index (κ2) is 6.02. The molecule has 0 aromatic carbocycles. The lowest BCUT2D eigenvalue weighted by Gasteiger charge is -2.32. The molecule has 4 heteroatoms. The fourth-order valence-corrected chi connectivity index (χ4v) is 2.07. The minimum atomic E-state index is -0.217. The zero-order valence-corrected chi connectivity index (χ0v) is 11.1. The Kier molecular flexibility index (Phi) is 4.95. The summed E-state index contributed by atoms with van der Waals surface area (Å²) in [5, 5.41) is 11.8. The van der Waals surface area contributed by atoms with Gasteiger partial charge in [-0.25, -0.2) is 0 Å². The van der Waals surface area contributed by atoms with E-state index in [1.165, 1.54) is 0 Å². The van der Waals surface area contributed by atoms with Gasteiger partial charge in [0.2, 0.25) is 5.91 Å². The SMILES string of the molecule is CC1C(=O)NCCN1CCCCC(C)(C)C#N. The Balaban J connectivity index is 2.23. The summed E-state index contributed by atoms with van der Waals surface area (Å²) in [5.74, 6) is 0.133. The van der Waals surface area contributed by atoms with Gasteiger partial charge in [0.05, 0.1) is 17.5 Å². The van der Waals surface area contributed by atoms with Crippen LogP contribution in [0.2, 0.25) is 0 Å². The van der Waals surface area contributed by atoms with Crippen LogP contribution >= 0.6 is 0 Å². The van der Waals surface area contributed by atoms with Gasteiger partial charge in [-0.15, -0.1) is 0 Å². The van der Waals surface area contributed by atoms with E-state index >= 15 is 0 Å². The van der Waals surface area contributed by atoms with Crippen molar-refractivity contribution in [3.63, 3.8) is 0 Å². The molecule has 1 heterocycles. The summed E-state index contributed by atoms with van der Waals surface area (Å²) < 4.78 is 0. The Hall–Kier alpha value is -1.08. The number of nitrogens with one attached hydrogen (secondary N) is 1. The van der Waals surface area contributed by atoms with Crippen LogP contribution in [0, 0.1) is 16.7 Å². The molecule has 1 atom stereocenters. The molecule has 96 valence electrons. The smallest absolute Gasteiger partial charge is 0.237 e. The lowest BCUT2D eigenvalue weighted by Crippen LogP contribution is -2.53. The van der Waals surface area contributed by atoms with Crippen LogP contribution in [0.1, 0.15) is 40.0 Å². The molecule has 0 radical (unpaired) electrons. The van der Waals surface area contributed by atoms with Crippen LogP contribution in [0.5, 0.6) is 0 Å². The van der Waals surface area contributed by atoms with Crippen LogP contribution in [-0.2, 0) is 4.79 Å². The second-order valence-corrected chi connectivity index (χ2v) is 5.46. The summed E-state index contributed by atoms with van der Waals surface area (Å²) in [4.78, 5) is 13.7. The van der Waals surface area contributed by atoms with Crippen molar-refractivity contribution >= 4 is 5.91 Å². The Morgan fingerprint density at radius 1 is 1.53 bits per heavy atom. The van der Waals surface area contributed by atoms with Crippen LogP contribution in [0.25, 0.3) is 0 Å². The fraction of sp³-hybridized carbons (Fsp3) is 0.846. The number of carbonyl (C=O) groups excluding carboxylic acids is 1. The molecule has 1 aliphatic heterocycles. The van der Waals surface area contributed by atoms with Gasteiger partial charge in [0.1, 0.15) is 0 Å². The number of unbranched alkanes of at least 4 members (excludes halogenated alkanes) is 1. The number of nitriles is 1. The number of hydrogen-bond donors (Lipinski definition) is 1. The molecule has 0 spiro atoms. The third-order valence-electron chi connectivity index (χ3n) is 3.43. The molecule has 0 aromatic heterocycles. The van der Waals surface area contributed by atoms with Gasteiger partial charge in [-0.1, -0.05) is 6.42 Å². The normalized spacial score (nSPS) is 22.0. The molecule has 0 aromatic rings. The van der Waals surface area contributed by atoms with E-state index in [-0.39, 0.29) is 17.4 Å². The highest BCUT2D eigenvalue weighted by Gasteiger charge is 2.24. The van der Waals surface area contributed by atoms with Crippen LogP contribution in [-0.4, -0.2) is 36.5 Å². The molecule has 1 N–H and O–H groups in total. The number of piperazine rings is 1. The Morgan fingerprint density at radius 2 is 2.24 bits per heavy atom. The van der Waals surface area contributed by atoms with Gasteiger partial charge in [-0.2, -0.15) is 5.26 Å². The molecule has 0 bridgehead atoms. The summed E-state index contributed by atoms with van der Waals surface area (Å²) in [6, 6.07) is 2.31. The molecule has 1 saturated heterocycles. The third-order valence-corrected chi connectivity index (χ3v) is 3.43. The van der Waals surface area contributed by atoms with Crippen molar-refractivity contribution in [2.75, 3.05) is 19.6 Å². The van der Waals surface area contributed by atoms with Crippen LogP contribution in [0.4, 0.5) is 0 Å². The third kappa shape index (κ3) is 4.35. The molecular weight excluding hydrogens is 214 g/mol. The molecule has 1 amide bonds. The quantitative estimate of drug-likeness (QED) is 0.738. The van der Waals surface area contributed by atoms with Crippen molar-refractivity contribution in [2.45, 2.75) is 46.1 Å². The molecule has 0 saturated carbocycles. The Morgan fingerprint density at radius 3 is 2.88 bits per heavy atom. The van der Waals surface area contributed by atoms with Crippen molar-refractivity contribution in [3.05, 3.63) is 0 Å². The minimum Gasteiger partial charge on any atom is -0.353 e. The highest BCUT2D eigenvalue weighted by atomic mass is 16.2. The Labute approximate surface area is 104 Å². The number of hydrogen-bond acceptors (Lipinski definition) is 3. The molecule has 1 rings (SSSR count). The van der Waals surface area contributed by atoms with E-state index in [0.717, 1.165) is 38.9 Å². The second-order valence-electron chi connectivity index (χ2n) is 5.46. The highest BCUT2D eigenvalue weighted by Crippen LogP contribution is 2.21. The van der Waals surface area contributed by atoms with Crippen LogP contribution in [0.15, 0.2) is 0 Å². The average Bonchev–Trinajstić information content (AvgIpc) is 2.30. The molecule has 4 nitrogen and oxygen atoms in total. The summed E-state index contributed by atoms with van der Waals surface area (Å²) >= 11 is 0. The van der Waals surface area contributed by atoms with E-state index in [9.17, 15) is 4.79 Å². The first-order valence-corrected chi connectivity index (χ1v) is 6.39.